The summed E-state index contributed by atoms with van der Waals surface area (Å²) in [7, 11) is 0. The van der Waals surface area contributed by atoms with Gasteiger partial charge in [0.05, 0.1) is 11.7 Å². The fraction of sp³-hybridized carbons (Fsp3) is 0.227. The highest BCUT2D eigenvalue weighted by atomic mass is 19.1. The van der Waals surface area contributed by atoms with Crippen molar-refractivity contribution in [3.05, 3.63) is 88.5 Å². The van der Waals surface area contributed by atoms with Gasteiger partial charge in [0.25, 0.3) is 0 Å². The Kier molecular flexibility index (Phi) is 4.95. The molecule has 0 amide bonds. The molecule has 3 rings (SSSR count). The smallest absolute Gasteiger partial charge is 0.126 e. The first-order valence-corrected chi connectivity index (χ1v) is 8.48. The van der Waals surface area contributed by atoms with Crippen molar-refractivity contribution in [2.45, 2.75) is 33.2 Å². The summed E-state index contributed by atoms with van der Waals surface area (Å²) in [5, 5.41) is 0. The molecule has 0 aliphatic rings. The van der Waals surface area contributed by atoms with Gasteiger partial charge < -0.3 is 5.73 Å². The van der Waals surface area contributed by atoms with Gasteiger partial charge in [0.1, 0.15) is 5.82 Å². The summed E-state index contributed by atoms with van der Waals surface area (Å²) in [6.45, 7) is 5.95. The summed E-state index contributed by atoms with van der Waals surface area (Å²) in [5.41, 5.74) is 13.5. The first-order chi connectivity index (χ1) is 11.9. The van der Waals surface area contributed by atoms with E-state index in [9.17, 15) is 4.39 Å². The van der Waals surface area contributed by atoms with Crippen LogP contribution in [0.4, 0.5) is 4.39 Å². The van der Waals surface area contributed by atoms with Gasteiger partial charge in [-0.1, -0.05) is 41.5 Å². The molecule has 0 fully saturated rings. The molecule has 128 valence electrons. The van der Waals surface area contributed by atoms with Gasteiger partial charge in [-0.15, -0.1) is 0 Å². The Labute approximate surface area is 148 Å². The third kappa shape index (κ3) is 3.94. The fourth-order valence-electron chi connectivity index (χ4n) is 3.31. The van der Waals surface area contributed by atoms with Crippen LogP contribution in [0, 0.1) is 26.6 Å². The minimum Gasteiger partial charge on any atom is -0.322 e. The van der Waals surface area contributed by atoms with Crippen LogP contribution in [-0.4, -0.2) is 4.98 Å². The first-order valence-electron chi connectivity index (χ1n) is 8.48. The zero-order valence-corrected chi connectivity index (χ0v) is 14.9. The van der Waals surface area contributed by atoms with Crippen molar-refractivity contribution in [1.29, 1.82) is 0 Å². The normalized spacial score (nSPS) is 12.2. The maximum atomic E-state index is 13.6. The van der Waals surface area contributed by atoms with Crippen LogP contribution in [0.1, 0.15) is 34.0 Å². The maximum Gasteiger partial charge on any atom is 0.126 e. The average molecular weight is 334 g/mol. The van der Waals surface area contributed by atoms with Crippen molar-refractivity contribution in [3.63, 3.8) is 0 Å². The van der Waals surface area contributed by atoms with Crippen molar-refractivity contribution in [2.75, 3.05) is 0 Å². The van der Waals surface area contributed by atoms with Gasteiger partial charge in [0.15, 0.2) is 0 Å². The summed E-state index contributed by atoms with van der Waals surface area (Å²) in [4.78, 5) is 4.53. The SMILES string of the molecule is Cc1cc(C)cc(CC(N)c2ncccc2-c2ccc(F)c(C)c2)c1. The van der Waals surface area contributed by atoms with Crippen LogP contribution in [0.3, 0.4) is 0 Å². The molecular weight excluding hydrogens is 311 g/mol. The van der Waals surface area contributed by atoms with E-state index >= 15 is 0 Å². The largest absolute Gasteiger partial charge is 0.322 e. The Balaban J connectivity index is 1.95. The molecule has 0 spiro atoms. The summed E-state index contributed by atoms with van der Waals surface area (Å²) in [5.74, 6) is -0.200. The van der Waals surface area contributed by atoms with Crippen LogP contribution in [-0.2, 0) is 6.42 Å². The Morgan fingerprint density at radius 2 is 1.72 bits per heavy atom. The van der Waals surface area contributed by atoms with Crippen LogP contribution in [0.5, 0.6) is 0 Å². The van der Waals surface area contributed by atoms with Crippen LogP contribution in [0.15, 0.2) is 54.7 Å². The highest BCUT2D eigenvalue weighted by Gasteiger charge is 2.15. The third-order valence-corrected chi connectivity index (χ3v) is 4.40. The van der Waals surface area contributed by atoms with Crippen LogP contribution in [0.2, 0.25) is 0 Å². The second-order valence-electron chi connectivity index (χ2n) is 6.71. The van der Waals surface area contributed by atoms with Crippen LogP contribution >= 0.6 is 0 Å². The zero-order chi connectivity index (χ0) is 18.0. The maximum absolute atomic E-state index is 13.6. The number of nitrogens with zero attached hydrogens (tertiary/aromatic N) is 1. The van der Waals surface area contributed by atoms with Crippen LogP contribution < -0.4 is 5.73 Å². The van der Waals surface area contributed by atoms with Gasteiger partial charge in [-0.3, -0.25) is 4.98 Å². The lowest BCUT2D eigenvalue weighted by molar-refractivity contribution is 0.618. The second-order valence-corrected chi connectivity index (χ2v) is 6.71. The number of aryl methyl sites for hydroxylation is 3. The lowest BCUT2D eigenvalue weighted by Crippen LogP contribution is -2.16. The van der Waals surface area contributed by atoms with Gasteiger partial charge in [-0.2, -0.15) is 0 Å². The molecule has 2 N–H and O–H groups in total. The molecule has 1 aromatic heterocycles. The molecule has 0 saturated heterocycles. The minimum atomic E-state index is -0.220. The van der Waals surface area contributed by atoms with Crippen molar-refractivity contribution in [1.82, 2.24) is 4.98 Å². The van der Waals surface area contributed by atoms with Gasteiger partial charge in [-0.25, -0.2) is 4.39 Å². The van der Waals surface area contributed by atoms with Crippen molar-refractivity contribution < 1.29 is 4.39 Å². The van der Waals surface area contributed by atoms with E-state index in [1.807, 2.05) is 18.2 Å². The number of hydrogen-bond acceptors (Lipinski definition) is 2. The first kappa shape index (κ1) is 17.3. The fourth-order valence-corrected chi connectivity index (χ4v) is 3.31. The van der Waals surface area contributed by atoms with Crippen molar-refractivity contribution >= 4 is 0 Å². The number of benzene rings is 2. The lowest BCUT2D eigenvalue weighted by atomic mass is 9.94. The highest BCUT2D eigenvalue weighted by molar-refractivity contribution is 5.67. The van der Waals surface area contributed by atoms with Crippen molar-refractivity contribution in [3.8, 4) is 11.1 Å². The molecule has 2 nitrogen and oxygen atoms in total. The molecule has 1 heterocycles. The zero-order valence-electron chi connectivity index (χ0n) is 14.9. The molecule has 25 heavy (non-hydrogen) atoms. The molecule has 0 radical (unpaired) electrons. The quantitative estimate of drug-likeness (QED) is 0.724. The van der Waals surface area contributed by atoms with Crippen LogP contribution in [0.25, 0.3) is 11.1 Å². The second kappa shape index (κ2) is 7.16. The monoisotopic (exact) mass is 334 g/mol. The van der Waals surface area contributed by atoms with E-state index in [-0.39, 0.29) is 11.9 Å². The summed E-state index contributed by atoms with van der Waals surface area (Å²) < 4.78 is 13.6. The molecule has 3 aromatic rings. The molecular formula is C22H23FN2. The molecule has 0 aliphatic carbocycles. The van der Waals surface area contributed by atoms with E-state index in [0.717, 1.165) is 16.8 Å². The van der Waals surface area contributed by atoms with Gasteiger partial charge in [0, 0.05) is 11.8 Å². The predicted molar refractivity (Wildman–Crippen MR) is 101 cm³/mol. The van der Waals surface area contributed by atoms with Crippen molar-refractivity contribution in [2.24, 2.45) is 5.73 Å². The molecule has 3 heteroatoms. The summed E-state index contributed by atoms with van der Waals surface area (Å²) in [6, 6.07) is 15.3. The number of pyridine rings is 1. The third-order valence-electron chi connectivity index (χ3n) is 4.40. The molecule has 0 bridgehead atoms. The summed E-state index contributed by atoms with van der Waals surface area (Å²) >= 11 is 0. The Morgan fingerprint density at radius 3 is 2.40 bits per heavy atom. The number of rotatable bonds is 4. The topological polar surface area (TPSA) is 38.9 Å². The number of halogens is 1. The Bertz CT molecular complexity index is 882. The standard InChI is InChI=1S/C22H23FN2/c1-14-9-15(2)11-17(10-14)13-21(24)22-19(5-4-8-25-22)18-6-7-20(23)16(3)12-18/h4-12,21H,13,24H2,1-3H3. The predicted octanol–water partition coefficient (Wildman–Crippen LogP) is 5.06. The highest BCUT2D eigenvalue weighted by Crippen LogP contribution is 2.28. The minimum absolute atomic E-state index is 0.200. The van der Waals surface area contributed by atoms with E-state index in [0.29, 0.717) is 12.0 Å². The summed E-state index contributed by atoms with van der Waals surface area (Å²) in [6.07, 6.45) is 2.48. The van der Waals surface area contributed by atoms with E-state index in [1.165, 1.54) is 22.8 Å². The number of nitrogens with two attached hydrogens (primary N) is 1. The molecule has 2 aromatic carbocycles. The van der Waals surface area contributed by atoms with Gasteiger partial charge >= 0.3 is 0 Å². The lowest BCUT2D eigenvalue weighted by Gasteiger charge is -2.17. The molecule has 1 unspecified atom stereocenters. The van der Waals surface area contributed by atoms with E-state index in [1.54, 1.807) is 19.2 Å². The number of hydrogen-bond donors (Lipinski definition) is 1. The molecule has 0 saturated carbocycles. The van der Waals surface area contributed by atoms with E-state index in [2.05, 4.69) is 37.0 Å². The molecule has 0 aliphatic heterocycles. The van der Waals surface area contributed by atoms with Gasteiger partial charge in [-0.05, 0) is 62.1 Å². The van der Waals surface area contributed by atoms with Gasteiger partial charge in [0.2, 0.25) is 0 Å². The Morgan fingerprint density at radius 1 is 1.00 bits per heavy atom. The number of aromatic nitrogens is 1. The molecule has 1 atom stereocenters. The van der Waals surface area contributed by atoms with E-state index in [4.69, 9.17) is 5.73 Å². The Hall–Kier alpha value is -2.52. The van der Waals surface area contributed by atoms with E-state index < -0.39 is 0 Å². The average Bonchev–Trinajstić information content (AvgIpc) is 2.56.